The second-order valence-electron chi connectivity index (χ2n) is 7.04. The smallest absolute Gasteiger partial charge is 0.188 e. The summed E-state index contributed by atoms with van der Waals surface area (Å²) in [6.45, 7) is 1.46. The highest BCUT2D eigenvalue weighted by molar-refractivity contribution is 5.77. The first-order valence-corrected chi connectivity index (χ1v) is 8.94. The van der Waals surface area contributed by atoms with Crippen LogP contribution in [0, 0.1) is 17.8 Å². The van der Waals surface area contributed by atoms with Gasteiger partial charge in [0.15, 0.2) is 17.5 Å². The number of methoxy groups -OCH3 is 2. The molecule has 5 nitrogen and oxygen atoms in total. The molecule has 0 radical (unpaired) electrons. The van der Waals surface area contributed by atoms with Crippen molar-refractivity contribution in [2.45, 2.75) is 38.6 Å². The van der Waals surface area contributed by atoms with Gasteiger partial charge in [0.2, 0.25) is 0 Å². The third kappa shape index (κ3) is 3.94. The third-order valence-electron chi connectivity index (χ3n) is 5.59. The number of fused-ring (bicyclic) bond motifs is 2. The van der Waals surface area contributed by atoms with Gasteiger partial charge in [-0.3, -0.25) is 0 Å². The summed E-state index contributed by atoms with van der Waals surface area (Å²) < 4.78 is 10.6. The molecule has 132 valence electrons. The fourth-order valence-electron chi connectivity index (χ4n) is 4.33. The molecule has 24 heavy (non-hydrogen) atoms. The van der Waals surface area contributed by atoms with E-state index >= 15 is 0 Å². The van der Waals surface area contributed by atoms with E-state index in [0.29, 0.717) is 18.3 Å². The average molecular weight is 331 g/mol. The molecule has 3 unspecified atom stereocenters. The van der Waals surface area contributed by atoms with E-state index in [1.54, 1.807) is 14.2 Å². The monoisotopic (exact) mass is 331 g/mol. The lowest BCUT2D eigenvalue weighted by Crippen LogP contribution is -2.33. The summed E-state index contributed by atoms with van der Waals surface area (Å²) in [5.41, 5.74) is 7.04. The van der Waals surface area contributed by atoms with Gasteiger partial charge in [-0.25, -0.2) is 4.99 Å². The van der Waals surface area contributed by atoms with Crippen molar-refractivity contribution in [1.82, 2.24) is 5.32 Å². The minimum absolute atomic E-state index is 0.521. The van der Waals surface area contributed by atoms with Gasteiger partial charge in [-0.15, -0.1) is 0 Å². The van der Waals surface area contributed by atoms with E-state index in [9.17, 15) is 0 Å². The molecule has 2 bridgehead atoms. The largest absolute Gasteiger partial charge is 0.493 e. The molecule has 1 aromatic carbocycles. The van der Waals surface area contributed by atoms with Crippen molar-refractivity contribution in [2.24, 2.45) is 28.5 Å². The fraction of sp³-hybridized carbons (Fsp3) is 0.632. The van der Waals surface area contributed by atoms with Crippen molar-refractivity contribution >= 4 is 5.96 Å². The maximum Gasteiger partial charge on any atom is 0.188 e. The second kappa shape index (κ2) is 7.77. The molecular formula is C19H29N3O2. The van der Waals surface area contributed by atoms with Crippen molar-refractivity contribution < 1.29 is 9.47 Å². The Bertz CT molecular complexity index is 588. The number of benzene rings is 1. The van der Waals surface area contributed by atoms with Crippen molar-refractivity contribution in [3.63, 3.8) is 0 Å². The van der Waals surface area contributed by atoms with Gasteiger partial charge in [0.25, 0.3) is 0 Å². The number of nitrogens with one attached hydrogen (secondary N) is 1. The summed E-state index contributed by atoms with van der Waals surface area (Å²) in [7, 11) is 3.27. The molecule has 1 aromatic rings. The molecule has 3 N–H and O–H groups in total. The topological polar surface area (TPSA) is 68.9 Å². The average Bonchev–Trinajstić information content (AvgIpc) is 3.22. The van der Waals surface area contributed by atoms with Crippen LogP contribution in [-0.4, -0.2) is 26.7 Å². The van der Waals surface area contributed by atoms with Gasteiger partial charge in [0.1, 0.15) is 0 Å². The maximum atomic E-state index is 5.99. The number of hydrogen-bond acceptors (Lipinski definition) is 3. The lowest BCUT2D eigenvalue weighted by atomic mass is 9.86. The zero-order valence-electron chi connectivity index (χ0n) is 14.8. The van der Waals surface area contributed by atoms with Gasteiger partial charge in [-0.05, 0) is 61.1 Å². The number of nitrogens with two attached hydrogens (primary N) is 1. The summed E-state index contributed by atoms with van der Waals surface area (Å²) in [6.07, 6.45) is 7.01. The Morgan fingerprint density at radius 1 is 1.21 bits per heavy atom. The zero-order chi connectivity index (χ0) is 16.9. The van der Waals surface area contributed by atoms with Crippen molar-refractivity contribution in [2.75, 3.05) is 20.8 Å². The quantitative estimate of drug-likeness (QED) is 0.595. The van der Waals surface area contributed by atoms with Gasteiger partial charge in [-0.2, -0.15) is 0 Å². The molecule has 5 heteroatoms. The van der Waals surface area contributed by atoms with Gasteiger partial charge < -0.3 is 20.5 Å². The van der Waals surface area contributed by atoms with Crippen molar-refractivity contribution in [1.29, 1.82) is 0 Å². The SMILES string of the molecule is COc1ccc(CN=C(N)NCCC2CC3CCC2C3)cc1OC. The third-order valence-corrected chi connectivity index (χ3v) is 5.59. The normalized spacial score (nSPS) is 25.8. The number of guanidine groups is 1. The molecule has 0 aromatic heterocycles. The highest BCUT2D eigenvalue weighted by atomic mass is 16.5. The van der Waals surface area contributed by atoms with E-state index in [4.69, 9.17) is 15.2 Å². The van der Waals surface area contributed by atoms with E-state index in [-0.39, 0.29) is 0 Å². The van der Waals surface area contributed by atoms with Crippen LogP contribution >= 0.6 is 0 Å². The molecule has 2 aliphatic carbocycles. The molecule has 0 aliphatic heterocycles. The summed E-state index contributed by atoms with van der Waals surface area (Å²) in [4.78, 5) is 4.42. The van der Waals surface area contributed by atoms with Crippen LogP contribution in [0.1, 0.15) is 37.7 Å². The first kappa shape index (κ1) is 16.9. The Kier molecular flexibility index (Phi) is 5.48. The van der Waals surface area contributed by atoms with Crippen LogP contribution in [-0.2, 0) is 6.54 Å². The van der Waals surface area contributed by atoms with Crippen molar-refractivity contribution in [3.8, 4) is 11.5 Å². The minimum atomic E-state index is 0.521. The van der Waals surface area contributed by atoms with E-state index < -0.39 is 0 Å². The van der Waals surface area contributed by atoms with Crippen LogP contribution in [0.3, 0.4) is 0 Å². The molecule has 0 saturated heterocycles. The Labute approximate surface area is 144 Å². The summed E-state index contributed by atoms with van der Waals surface area (Å²) >= 11 is 0. The molecular weight excluding hydrogens is 302 g/mol. The van der Waals surface area contributed by atoms with Gasteiger partial charge in [-0.1, -0.05) is 12.5 Å². The first-order valence-electron chi connectivity index (χ1n) is 8.94. The van der Waals surface area contributed by atoms with Crippen LogP contribution in [0.4, 0.5) is 0 Å². The molecule has 2 saturated carbocycles. The number of nitrogens with zero attached hydrogens (tertiary/aromatic N) is 1. The lowest BCUT2D eigenvalue weighted by molar-refractivity contribution is 0.315. The summed E-state index contributed by atoms with van der Waals surface area (Å²) in [6, 6.07) is 5.81. The first-order chi connectivity index (χ1) is 11.7. The van der Waals surface area contributed by atoms with E-state index in [1.165, 1.54) is 32.1 Å². The Morgan fingerprint density at radius 2 is 2.04 bits per heavy atom. The molecule has 0 spiro atoms. The number of aliphatic imine (C=N–C) groups is 1. The van der Waals surface area contributed by atoms with Gasteiger partial charge in [0.05, 0.1) is 20.8 Å². The van der Waals surface area contributed by atoms with Crippen LogP contribution in [0.5, 0.6) is 11.5 Å². The predicted octanol–water partition coefficient (Wildman–Crippen LogP) is 2.93. The van der Waals surface area contributed by atoms with Crippen LogP contribution in [0.25, 0.3) is 0 Å². The van der Waals surface area contributed by atoms with Gasteiger partial charge in [0, 0.05) is 6.54 Å². The Balaban J connectivity index is 1.44. The van der Waals surface area contributed by atoms with Crippen LogP contribution in [0.2, 0.25) is 0 Å². The lowest BCUT2D eigenvalue weighted by Gasteiger charge is -2.21. The number of hydrogen-bond donors (Lipinski definition) is 2. The van der Waals surface area contributed by atoms with Crippen LogP contribution < -0.4 is 20.5 Å². The molecule has 2 fully saturated rings. The molecule has 2 aliphatic rings. The molecule has 0 heterocycles. The maximum absolute atomic E-state index is 5.99. The minimum Gasteiger partial charge on any atom is -0.493 e. The predicted molar refractivity (Wildman–Crippen MR) is 96.4 cm³/mol. The number of rotatable bonds is 7. The second-order valence-corrected chi connectivity index (χ2v) is 7.04. The zero-order valence-corrected chi connectivity index (χ0v) is 14.8. The Hall–Kier alpha value is -1.91. The summed E-state index contributed by atoms with van der Waals surface area (Å²) in [5.74, 6) is 4.84. The Morgan fingerprint density at radius 3 is 2.71 bits per heavy atom. The number of ether oxygens (including phenoxy) is 2. The molecule has 3 rings (SSSR count). The van der Waals surface area contributed by atoms with E-state index in [0.717, 1.165) is 35.6 Å². The highest BCUT2D eigenvalue weighted by Gasteiger charge is 2.38. The molecule has 0 amide bonds. The highest BCUT2D eigenvalue weighted by Crippen LogP contribution is 2.49. The standard InChI is InChI=1S/C19H29N3O2/c1-23-17-6-4-14(11-18(17)24-2)12-22-19(20)21-8-7-16-10-13-3-5-15(16)9-13/h4,6,11,13,15-16H,3,5,7-10,12H2,1-2H3,(H3,20,21,22). The van der Waals surface area contributed by atoms with E-state index in [2.05, 4.69) is 10.3 Å². The van der Waals surface area contributed by atoms with Gasteiger partial charge >= 0.3 is 0 Å². The summed E-state index contributed by atoms with van der Waals surface area (Å²) in [5, 5.41) is 3.26. The molecule has 3 atom stereocenters. The van der Waals surface area contributed by atoms with Crippen LogP contribution in [0.15, 0.2) is 23.2 Å². The van der Waals surface area contributed by atoms with Crippen molar-refractivity contribution in [3.05, 3.63) is 23.8 Å². The fourth-order valence-corrected chi connectivity index (χ4v) is 4.33. The van der Waals surface area contributed by atoms with E-state index in [1.807, 2.05) is 18.2 Å².